The van der Waals surface area contributed by atoms with Crippen molar-refractivity contribution in [3.63, 3.8) is 0 Å². The van der Waals surface area contributed by atoms with Crippen molar-refractivity contribution < 1.29 is 23.4 Å². The number of methoxy groups -OCH3 is 3. The van der Waals surface area contributed by atoms with Crippen molar-refractivity contribution in [1.29, 1.82) is 0 Å². The summed E-state index contributed by atoms with van der Waals surface area (Å²) in [4.78, 5) is 12.9. The molecule has 0 radical (unpaired) electrons. The van der Waals surface area contributed by atoms with Crippen LogP contribution in [0.1, 0.15) is 21.5 Å². The van der Waals surface area contributed by atoms with Gasteiger partial charge in [-0.25, -0.2) is 4.39 Å². The molecular formula is C24H21FO4. The molecule has 0 unspecified atom stereocenters. The zero-order chi connectivity index (χ0) is 20.8. The zero-order valence-electron chi connectivity index (χ0n) is 16.4. The van der Waals surface area contributed by atoms with Gasteiger partial charge in [0.05, 0.1) is 21.3 Å². The number of ether oxygens (including phenoxy) is 3. The van der Waals surface area contributed by atoms with Crippen molar-refractivity contribution in [2.45, 2.75) is 0 Å². The lowest BCUT2D eigenvalue weighted by Crippen LogP contribution is -2.00. The van der Waals surface area contributed by atoms with Gasteiger partial charge in [-0.1, -0.05) is 12.1 Å². The average molecular weight is 392 g/mol. The third-order valence-corrected chi connectivity index (χ3v) is 4.50. The molecule has 0 aliphatic rings. The number of rotatable bonds is 7. The van der Waals surface area contributed by atoms with Gasteiger partial charge in [-0.15, -0.1) is 0 Å². The minimum absolute atomic E-state index is 0.218. The van der Waals surface area contributed by atoms with Crippen molar-refractivity contribution in [2.24, 2.45) is 0 Å². The van der Waals surface area contributed by atoms with Crippen LogP contribution in [-0.2, 0) is 0 Å². The van der Waals surface area contributed by atoms with Crippen LogP contribution in [0.4, 0.5) is 4.39 Å². The van der Waals surface area contributed by atoms with E-state index < -0.39 is 5.82 Å². The summed E-state index contributed by atoms with van der Waals surface area (Å²) >= 11 is 0. The Kier molecular flexibility index (Phi) is 6.29. The van der Waals surface area contributed by atoms with Gasteiger partial charge in [0.25, 0.3) is 0 Å². The molecule has 0 saturated carbocycles. The number of ketones is 1. The maximum absolute atomic E-state index is 14.0. The van der Waals surface area contributed by atoms with Crippen molar-refractivity contribution in [2.75, 3.05) is 21.3 Å². The highest BCUT2D eigenvalue weighted by Gasteiger charge is 2.15. The highest BCUT2D eigenvalue weighted by atomic mass is 19.1. The summed E-state index contributed by atoms with van der Waals surface area (Å²) in [7, 11) is 4.65. The summed E-state index contributed by atoms with van der Waals surface area (Å²) in [6.45, 7) is 0. The standard InChI is InChI=1S/C24H21FO4/c1-27-19-9-4-16(5-10-19)21(22-14-18(25)8-13-24(22)29-3)15-23(26)17-6-11-20(28-2)12-7-17/h4-15H,1-3H3/b21-15+. The summed E-state index contributed by atoms with van der Waals surface area (Å²) in [6.07, 6.45) is 1.49. The topological polar surface area (TPSA) is 44.8 Å². The van der Waals surface area contributed by atoms with Gasteiger partial charge in [-0.2, -0.15) is 0 Å². The van der Waals surface area contributed by atoms with E-state index in [4.69, 9.17) is 14.2 Å². The van der Waals surface area contributed by atoms with E-state index in [2.05, 4.69) is 0 Å². The van der Waals surface area contributed by atoms with Gasteiger partial charge in [0.1, 0.15) is 23.1 Å². The lowest BCUT2D eigenvalue weighted by Gasteiger charge is -2.14. The molecule has 3 aromatic rings. The molecule has 0 spiro atoms. The minimum atomic E-state index is -0.419. The molecule has 4 nitrogen and oxygen atoms in total. The van der Waals surface area contributed by atoms with Crippen LogP contribution >= 0.6 is 0 Å². The Morgan fingerprint density at radius 2 is 1.31 bits per heavy atom. The number of halogens is 1. The van der Waals surface area contributed by atoms with Crippen molar-refractivity contribution in [3.05, 3.63) is 95.3 Å². The first kappa shape index (κ1) is 20.1. The average Bonchev–Trinajstić information content (AvgIpc) is 2.77. The Morgan fingerprint density at radius 3 is 1.83 bits per heavy atom. The Hall–Kier alpha value is -3.60. The third-order valence-electron chi connectivity index (χ3n) is 4.50. The summed E-state index contributed by atoms with van der Waals surface area (Å²) in [5, 5.41) is 0. The first-order valence-electron chi connectivity index (χ1n) is 8.94. The first-order valence-corrected chi connectivity index (χ1v) is 8.94. The van der Waals surface area contributed by atoms with Crippen LogP contribution in [0.2, 0.25) is 0 Å². The maximum Gasteiger partial charge on any atom is 0.186 e. The molecule has 0 atom stereocenters. The van der Waals surface area contributed by atoms with Crippen molar-refractivity contribution in [3.8, 4) is 17.2 Å². The summed E-state index contributed by atoms with van der Waals surface area (Å²) < 4.78 is 29.8. The predicted octanol–water partition coefficient (Wildman–Crippen LogP) is 5.17. The molecule has 0 aliphatic heterocycles. The Morgan fingerprint density at radius 1 is 0.759 bits per heavy atom. The largest absolute Gasteiger partial charge is 0.497 e. The fraction of sp³-hybridized carbons (Fsp3) is 0.125. The second kappa shape index (κ2) is 9.06. The van der Waals surface area contributed by atoms with Gasteiger partial charge in [0.2, 0.25) is 0 Å². The van der Waals surface area contributed by atoms with Crippen LogP contribution in [0.3, 0.4) is 0 Å². The third kappa shape index (κ3) is 4.63. The van der Waals surface area contributed by atoms with Crippen LogP contribution in [0.5, 0.6) is 17.2 Å². The Bertz CT molecular complexity index is 1020. The zero-order valence-corrected chi connectivity index (χ0v) is 16.4. The van der Waals surface area contributed by atoms with E-state index in [0.29, 0.717) is 33.9 Å². The van der Waals surface area contributed by atoms with Crippen molar-refractivity contribution in [1.82, 2.24) is 0 Å². The fourth-order valence-electron chi connectivity index (χ4n) is 2.95. The molecule has 0 heterocycles. The summed E-state index contributed by atoms with van der Waals surface area (Å²) in [6, 6.07) is 18.2. The highest BCUT2D eigenvalue weighted by molar-refractivity contribution is 6.10. The Balaban J connectivity index is 2.12. The molecule has 3 rings (SSSR count). The number of carbonyl (C=O) groups excluding carboxylic acids is 1. The van der Waals surface area contributed by atoms with Gasteiger partial charge in [-0.05, 0) is 71.8 Å². The molecule has 148 valence electrons. The van der Waals surface area contributed by atoms with E-state index in [-0.39, 0.29) is 5.78 Å². The van der Waals surface area contributed by atoms with Crippen LogP contribution < -0.4 is 14.2 Å². The number of hydrogen-bond acceptors (Lipinski definition) is 4. The molecule has 0 saturated heterocycles. The molecule has 0 bridgehead atoms. The quantitative estimate of drug-likeness (QED) is 0.411. The van der Waals surface area contributed by atoms with Crippen LogP contribution in [0.25, 0.3) is 5.57 Å². The van der Waals surface area contributed by atoms with E-state index in [1.807, 2.05) is 12.1 Å². The smallest absolute Gasteiger partial charge is 0.186 e. The molecule has 29 heavy (non-hydrogen) atoms. The maximum atomic E-state index is 14.0. The normalized spacial score (nSPS) is 11.1. The first-order chi connectivity index (χ1) is 14.0. The van der Waals surface area contributed by atoms with E-state index in [9.17, 15) is 9.18 Å². The SMILES string of the molecule is COc1ccc(C(=O)/C=C(\c2ccc(OC)cc2)c2cc(F)ccc2OC)cc1. The summed E-state index contributed by atoms with van der Waals surface area (Å²) in [5.41, 5.74) is 2.26. The van der Waals surface area contributed by atoms with E-state index in [1.165, 1.54) is 25.3 Å². The molecule has 3 aromatic carbocycles. The van der Waals surface area contributed by atoms with Gasteiger partial charge >= 0.3 is 0 Å². The Labute approximate surface area is 169 Å². The predicted molar refractivity (Wildman–Crippen MR) is 110 cm³/mol. The van der Waals surface area contributed by atoms with Crippen LogP contribution in [0, 0.1) is 5.82 Å². The fourth-order valence-corrected chi connectivity index (χ4v) is 2.95. The molecule has 5 heteroatoms. The van der Waals surface area contributed by atoms with E-state index in [1.54, 1.807) is 56.7 Å². The molecule has 0 aromatic heterocycles. The van der Waals surface area contributed by atoms with E-state index in [0.717, 1.165) is 5.56 Å². The molecule has 0 N–H and O–H groups in total. The number of allylic oxidation sites excluding steroid dienone is 1. The molecule has 0 amide bonds. The minimum Gasteiger partial charge on any atom is -0.497 e. The number of hydrogen-bond donors (Lipinski definition) is 0. The van der Waals surface area contributed by atoms with Crippen LogP contribution in [0.15, 0.2) is 72.8 Å². The highest BCUT2D eigenvalue weighted by Crippen LogP contribution is 2.33. The van der Waals surface area contributed by atoms with Gasteiger partial charge in [-0.3, -0.25) is 4.79 Å². The second-order valence-electron chi connectivity index (χ2n) is 6.22. The van der Waals surface area contributed by atoms with Gasteiger partial charge in [0, 0.05) is 11.1 Å². The summed E-state index contributed by atoms with van der Waals surface area (Å²) in [5.74, 6) is 1.17. The molecule has 0 fully saturated rings. The molecule has 0 aliphatic carbocycles. The number of benzene rings is 3. The second-order valence-corrected chi connectivity index (χ2v) is 6.22. The van der Waals surface area contributed by atoms with Crippen LogP contribution in [-0.4, -0.2) is 27.1 Å². The number of carbonyl (C=O) groups is 1. The lowest BCUT2D eigenvalue weighted by molar-refractivity contribution is 0.104. The monoisotopic (exact) mass is 392 g/mol. The van der Waals surface area contributed by atoms with Gasteiger partial charge < -0.3 is 14.2 Å². The lowest BCUT2D eigenvalue weighted by atomic mass is 9.94. The van der Waals surface area contributed by atoms with Crippen molar-refractivity contribution >= 4 is 11.4 Å². The molecular weight excluding hydrogens is 371 g/mol. The van der Waals surface area contributed by atoms with Gasteiger partial charge in [0.15, 0.2) is 5.78 Å². The van der Waals surface area contributed by atoms with E-state index >= 15 is 0 Å².